The lowest BCUT2D eigenvalue weighted by molar-refractivity contribution is 0.0702. The minimum absolute atomic E-state index is 0.507. The van der Waals surface area contributed by atoms with Crippen molar-refractivity contribution in [3.63, 3.8) is 0 Å². The third-order valence-electron chi connectivity index (χ3n) is 8.34. The predicted octanol–water partition coefficient (Wildman–Crippen LogP) is 6.07. The molecule has 0 saturated heterocycles. The maximum Gasteiger partial charge on any atom is 0.125 e. The van der Waals surface area contributed by atoms with E-state index < -0.39 is 5.41 Å². The number of methoxy groups -OCH3 is 4. The molecule has 42 heavy (non-hydrogen) atoms. The summed E-state index contributed by atoms with van der Waals surface area (Å²) in [5.41, 5.74) is 7.76. The van der Waals surface area contributed by atoms with Crippen LogP contribution in [0.15, 0.2) is 54.6 Å². The quantitative estimate of drug-likeness (QED) is 0.191. The molecule has 8 nitrogen and oxygen atoms in total. The highest BCUT2D eigenvalue weighted by atomic mass is 16.5. The SMILES string of the molecule is COCCOCCCN1c2cccc(OC)c2C2(C)c3c(OC)cccc3N(CCCOCCOC)c3cccc1c32. The lowest BCUT2D eigenvalue weighted by Crippen LogP contribution is -2.42. The molecular formula is C34H44N2O6. The van der Waals surface area contributed by atoms with E-state index in [2.05, 4.69) is 71.3 Å². The highest BCUT2D eigenvalue weighted by Crippen LogP contribution is 2.63. The minimum Gasteiger partial charge on any atom is -0.496 e. The first kappa shape index (κ1) is 30.2. The van der Waals surface area contributed by atoms with E-state index >= 15 is 0 Å². The summed E-state index contributed by atoms with van der Waals surface area (Å²) in [7, 11) is 6.91. The van der Waals surface area contributed by atoms with Gasteiger partial charge in [0.2, 0.25) is 0 Å². The van der Waals surface area contributed by atoms with Crippen LogP contribution < -0.4 is 19.3 Å². The van der Waals surface area contributed by atoms with Gasteiger partial charge in [-0.15, -0.1) is 0 Å². The molecule has 2 aliphatic heterocycles. The smallest absolute Gasteiger partial charge is 0.125 e. The number of nitrogens with zero attached hydrogens (tertiary/aromatic N) is 2. The first-order valence-corrected chi connectivity index (χ1v) is 14.8. The number of hydrogen-bond acceptors (Lipinski definition) is 8. The standard InChI is InChI=1S/C34H44N2O6/c1-34-31-25(35(17-9-19-41-23-21-37-2)27-13-7-15-29(39-4)32(27)34)11-6-12-26(31)36(18-10-20-42-24-22-38-3)28-14-8-16-30(40-5)33(28)34/h6-8,11-16H,9-10,17-24H2,1-5H3. The number of fused-ring (bicyclic) bond motifs is 4. The Hall–Kier alpha value is -3.30. The first-order chi connectivity index (χ1) is 20.6. The van der Waals surface area contributed by atoms with E-state index in [1.165, 1.54) is 16.9 Å². The highest BCUT2D eigenvalue weighted by molar-refractivity contribution is 5.93. The first-order valence-electron chi connectivity index (χ1n) is 14.8. The van der Waals surface area contributed by atoms with Crippen molar-refractivity contribution in [2.75, 3.05) is 91.0 Å². The zero-order valence-corrected chi connectivity index (χ0v) is 25.6. The molecule has 0 aromatic heterocycles. The van der Waals surface area contributed by atoms with Gasteiger partial charge >= 0.3 is 0 Å². The van der Waals surface area contributed by atoms with Gasteiger partial charge in [0, 0.05) is 80.0 Å². The van der Waals surface area contributed by atoms with E-state index in [-0.39, 0.29) is 0 Å². The number of anilines is 4. The van der Waals surface area contributed by atoms with Crippen LogP contribution in [0, 0.1) is 0 Å². The summed E-state index contributed by atoms with van der Waals surface area (Å²) in [6.45, 7) is 7.67. The van der Waals surface area contributed by atoms with Crippen molar-refractivity contribution in [2.45, 2.75) is 25.2 Å². The summed E-state index contributed by atoms with van der Waals surface area (Å²) in [6, 6.07) is 19.4. The molecule has 0 spiro atoms. The highest BCUT2D eigenvalue weighted by Gasteiger charge is 2.50. The maximum atomic E-state index is 6.09. The van der Waals surface area contributed by atoms with Gasteiger partial charge in [-0.2, -0.15) is 0 Å². The Bertz CT molecular complexity index is 1250. The van der Waals surface area contributed by atoms with Gasteiger partial charge in [-0.25, -0.2) is 0 Å². The molecule has 0 fully saturated rings. The Balaban J connectivity index is 1.62. The molecule has 0 N–H and O–H groups in total. The second-order valence-electron chi connectivity index (χ2n) is 10.7. The predicted molar refractivity (Wildman–Crippen MR) is 167 cm³/mol. The molecule has 8 heteroatoms. The van der Waals surface area contributed by atoms with Gasteiger partial charge < -0.3 is 38.2 Å². The summed E-state index contributed by atoms with van der Waals surface area (Å²) in [5.74, 6) is 1.74. The summed E-state index contributed by atoms with van der Waals surface area (Å²) in [4.78, 5) is 4.87. The van der Waals surface area contributed by atoms with E-state index in [1.54, 1.807) is 28.4 Å². The molecular weight excluding hydrogens is 532 g/mol. The fourth-order valence-electron chi connectivity index (χ4n) is 6.58. The molecule has 5 rings (SSSR count). The Morgan fingerprint density at radius 3 is 1.33 bits per heavy atom. The van der Waals surface area contributed by atoms with Crippen LogP contribution in [0.4, 0.5) is 22.7 Å². The Kier molecular flexibility index (Phi) is 9.90. The third kappa shape index (κ3) is 5.44. The van der Waals surface area contributed by atoms with Gasteiger partial charge in [0.05, 0.1) is 46.1 Å². The molecule has 0 amide bonds. The van der Waals surface area contributed by atoms with Gasteiger partial charge in [-0.1, -0.05) is 18.2 Å². The zero-order valence-electron chi connectivity index (χ0n) is 25.6. The van der Waals surface area contributed by atoms with Crippen molar-refractivity contribution in [2.24, 2.45) is 0 Å². The lowest BCUT2D eigenvalue weighted by atomic mass is 9.64. The second-order valence-corrected chi connectivity index (χ2v) is 10.7. The van der Waals surface area contributed by atoms with Crippen molar-refractivity contribution < 1.29 is 28.4 Å². The number of hydrogen-bond donors (Lipinski definition) is 0. The van der Waals surface area contributed by atoms with Crippen LogP contribution in [0.2, 0.25) is 0 Å². The molecule has 3 aromatic rings. The minimum atomic E-state index is -0.507. The van der Waals surface area contributed by atoms with Gasteiger partial charge in [-0.05, 0) is 56.2 Å². The zero-order chi connectivity index (χ0) is 29.5. The molecule has 2 aliphatic rings. The van der Waals surface area contributed by atoms with Crippen LogP contribution in [0.3, 0.4) is 0 Å². The normalized spacial score (nSPS) is 14.3. The van der Waals surface area contributed by atoms with Crippen LogP contribution in [-0.2, 0) is 24.4 Å². The monoisotopic (exact) mass is 576 g/mol. The Morgan fingerprint density at radius 2 is 0.929 bits per heavy atom. The summed E-state index contributed by atoms with van der Waals surface area (Å²) in [6.07, 6.45) is 1.76. The number of rotatable bonds is 16. The Morgan fingerprint density at radius 1 is 0.524 bits per heavy atom. The van der Waals surface area contributed by atoms with Gasteiger partial charge in [-0.3, -0.25) is 0 Å². The second kappa shape index (κ2) is 13.8. The topological polar surface area (TPSA) is 61.9 Å². The van der Waals surface area contributed by atoms with Crippen molar-refractivity contribution in [3.8, 4) is 11.5 Å². The largest absolute Gasteiger partial charge is 0.496 e. The van der Waals surface area contributed by atoms with E-state index in [0.717, 1.165) is 59.9 Å². The molecule has 0 aliphatic carbocycles. The van der Waals surface area contributed by atoms with E-state index in [4.69, 9.17) is 28.4 Å². The van der Waals surface area contributed by atoms with Gasteiger partial charge in [0.25, 0.3) is 0 Å². The Labute approximate surface area is 250 Å². The summed E-state index contributed by atoms with van der Waals surface area (Å²) in [5, 5.41) is 0. The van der Waals surface area contributed by atoms with Gasteiger partial charge in [0.1, 0.15) is 11.5 Å². The van der Waals surface area contributed by atoms with E-state index in [9.17, 15) is 0 Å². The van der Waals surface area contributed by atoms with Gasteiger partial charge in [0.15, 0.2) is 0 Å². The summed E-state index contributed by atoms with van der Waals surface area (Å²) < 4.78 is 34.1. The van der Waals surface area contributed by atoms with Crippen LogP contribution in [0.25, 0.3) is 0 Å². The number of ether oxygens (including phenoxy) is 6. The number of benzene rings is 3. The maximum absolute atomic E-state index is 6.09. The fraction of sp³-hybridized carbons (Fsp3) is 0.471. The molecule has 0 bridgehead atoms. The average Bonchev–Trinajstić information content (AvgIpc) is 3.02. The molecule has 0 saturated carbocycles. The van der Waals surface area contributed by atoms with E-state index in [1.807, 2.05) is 0 Å². The molecule has 0 radical (unpaired) electrons. The third-order valence-corrected chi connectivity index (χ3v) is 8.34. The fourth-order valence-corrected chi connectivity index (χ4v) is 6.58. The van der Waals surface area contributed by atoms with Crippen molar-refractivity contribution in [3.05, 3.63) is 71.3 Å². The van der Waals surface area contributed by atoms with Crippen LogP contribution >= 0.6 is 0 Å². The summed E-state index contributed by atoms with van der Waals surface area (Å²) >= 11 is 0. The van der Waals surface area contributed by atoms with Crippen molar-refractivity contribution in [1.82, 2.24) is 0 Å². The van der Waals surface area contributed by atoms with Crippen molar-refractivity contribution >= 4 is 22.7 Å². The van der Waals surface area contributed by atoms with Crippen molar-refractivity contribution in [1.29, 1.82) is 0 Å². The van der Waals surface area contributed by atoms with Crippen LogP contribution in [0.1, 0.15) is 36.5 Å². The molecule has 2 heterocycles. The van der Waals surface area contributed by atoms with E-state index in [0.29, 0.717) is 39.6 Å². The molecule has 0 atom stereocenters. The molecule has 0 unspecified atom stereocenters. The molecule has 3 aromatic carbocycles. The molecule has 226 valence electrons. The average molecular weight is 577 g/mol. The van der Waals surface area contributed by atoms with Crippen LogP contribution in [0.5, 0.6) is 11.5 Å². The van der Waals surface area contributed by atoms with Crippen LogP contribution in [-0.4, -0.2) is 81.2 Å². The lowest BCUT2D eigenvalue weighted by Gasteiger charge is -2.51.